The van der Waals surface area contributed by atoms with Crippen LogP contribution in [0.25, 0.3) is 0 Å². The standard InChI is InChI=1S/C16H25N3O3.HI/c1-16(2,22-5)11-19-15(17-3)18-10-12-6-8-13(9-7-12)14(20)21-4;/h6-9H,10-11H2,1-5H3,(H2,17,18,19);1H. The number of aliphatic imine (C=N–C) groups is 1. The number of nitrogens with zero attached hydrogens (tertiary/aromatic N) is 1. The van der Waals surface area contributed by atoms with Crippen molar-refractivity contribution in [1.82, 2.24) is 10.6 Å². The molecule has 130 valence electrons. The molecule has 1 aromatic carbocycles. The topological polar surface area (TPSA) is 72.0 Å². The summed E-state index contributed by atoms with van der Waals surface area (Å²) in [5, 5.41) is 6.42. The minimum Gasteiger partial charge on any atom is -0.465 e. The number of rotatable bonds is 6. The molecular formula is C16H26IN3O3. The molecule has 23 heavy (non-hydrogen) atoms. The lowest BCUT2D eigenvalue weighted by Crippen LogP contribution is -2.45. The van der Waals surface area contributed by atoms with Gasteiger partial charge in [-0.1, -0.05) is 12.1 Å². The number of guanidine groups is 1. The van der Waals surface area contributed by atoms with Gasteiger partial charge in [-0.25, -0.2) is 4.79 Å². The second-order valence-corrected chi connectivity index (χ2v) is 5.43. The Bertz CT molecular complexity index is 516. The minimum absolute atomic E-state index is 0. The molecule has 0 amide bonds. The molecule has 2 N–H and O–H groups in total. The van der Waals surface area contributed by atoms with Gasteiger partial charge in [-0.05, 0) is 31.5 Å². The first-order valence-corrected chi connectivity index (χ1v) is 7.09. The van der Waals surface area contributed by atoms with Crippen molar-refractivity contribution >= 4 is 35.9 Å². The summed E-state index contributed by atoms with van der Waals surface area (Å²) in [6.07, 6.45) is 0. The molecule has 7 heteroatoms. The molecule has 0 unspecified atom stereocenters. The number of methoxy groups -OCH3 is 2. The second-order valence-electron chi connectivity index (χ2n) is 5.43. The van der Waals surface area contributed by atoms with Crippen molar-refractivity contribution in [2.24, 2.45) is 4.99 Å². The van der Waals surface area contributed by atoms with Crippen molar-refractivity contribution in [3.8, 4) is 0 Å². The van der Waals surface area contributed by atoms with Crippen LogP contribution in [-0.4, -0.2) is 45.3 Å². The zero-order valence-electron chi connectivity index (χ0n) is 14.3. The molecule has 1 aromatic rings. The Morgan fingerprint density at radius 2 is 1.78 bits per heavy atom. The molecule has 0 aromatic heterocycles. The summed E-state index contributed by atoms with van der Waals surface area (Å²) in [4.78, 5) is 15.5. The Morgan fingerprint density at radius 1 is 1.17 bits per heavy atom. The van der Waals surface area contributed by atoms with Crippen LogP contribution in [0.3, 0.4) is 0 Å². The Morgan fingerprint density at radius 3 is 2.26 bits per heavy atom. The fourth-order valence-electron chi connectivity index (χ4n) is 1.65. The van der Waals surface area contributed by atoms with E-state index in [0.717, 1.165) is 5.56 Å². The van der Waals surface area contributed by atoms with E-state index in [-0.39, 0.29) is 35.5 Å². The number of ether oxygens (including phenoxy) is 2. The first-order chi connectivity index (χ1) is 10.4. The lowest BCUT2D eigenvalue weighted by Gasteiger charge is -2.24. The summed E-state index contributed by atoms with van der Waals surface area (Å²) in [5.41, 5.74) is 1.32. The van der Waals surface area contributed by atoms with Crippen molar-refractivity contribution in [2.45, 2.75) is 26.0 Å². The molecule has 6 nitrogen and oxygen atoms in total. The van der Waals surface area contributed by atoms with E-state index in [2.05, 4.69) is 20.4 Å². The maximum Gasteiger partial charge on any atom is 0.337 e. The summed E-state index contributed by atoms with van der Waals surface area (Å²) in [7, 11) is 4.77. The van der Waals surface area contributed by atoms with Crippen molar-refractivity contribution in [3.05, 3.63) is 35.4 Å². The lowest BCUT2D eigenvalue weighted by atomic mass is 10.1. The van der Waals surface area contributed by atoms with Gasteiger partial charge in [-0.3, -0.25) is 4.99 Å². The van der Waals surface area contributed by atoms with Crippen LogP contribution in [0, 0.1) is 0 Å². The van der Waals surface area contributed by atoms with Crippen molar-refractivity contribution < 1.29 is 14.3 Å². The third-order valence-electron chi connectivity index (χ3n) is 3.29. The highest BCUT2D eigenvalue weighted by Gasteiger charge is 2.16. The van der Waals surface area contributed by atoms with E-state index in [9.17, 15) is 4.79 Å². The van der Waals surface area contributed by atoms with Gasteiger partial charge in [0, 0.05) is 27.2 Å². The summed E-state index contributed by atoms with van der Waals surface area (Å²) in [6, 6.07) is 7.25. The highest BCUT2D eigenvalue weighted by Crippen LogP contribution is 2.06. The van der Waals surface area contributed by atoms with Crippen LogP contribution in [-0.2, 0) is 16.0 Å². The number of benzene rings is 1. The summed E-state index contributed by atoms with van der Waals surface area (Å²) < 4.78 is 10.0. The van der Waals surface area contributed by atoms with Crippen LogP contribution >= 0.6 is 24.0 Å². The number of carbonyl (C=O) groups excluding carboxylic acids is 1. The van der Waals surface area contributed by atoms with Gasteiger partial charge >= 0.3 is 5.97 Å². The summed E-state index contributed by atoms with van der Waals surface area (Å²) in [5.74, 6) is 0.362. The molecule has 0 aliphatic rings. The van der Waals surface area contributed by atoms with Crippen LogP contribution in [0.1, 0.15) is 29.8 Å². The molecule has 0 spiro atoms. The van der Waals surface area contributed by atoms with Gasteiger partial charge in [0.05, 0.1) is 18.3 Å². The number of carbonyl (C=O) groups is 1. The van der Waals surface area contributed by atoms with E-state index in [1.54, 1.807) is 26.3 Å². The van der Waals surface area contributed by atoms with Gasteiger partial charge in [0.25, 0.3) is 0 Å². The zero-order chi connectivity index (χ0) is 16.6. The normalized spacial score (nSPS) is 11.4. The molecular weight excluding hydrogens is 409 g/mol. The van der Waals surface area contributed by atoms with Gasteiger partial charge in [-0.2, -0.15) is 0 Å². The van der Waals surface area contributed by atoms with Gasteiger partial charge in [-0.15, -0.1) is 24.0 Å². The van der Waals surface area contributed by atoms with Crippen molar-refractivity contribution in [3.63, 3.8) is 0 Å². The van der Waals surface area contributed by atoms with Gasteiger partial charge < -0.3 is 20.1 Å². The third-order valence-corrected chi connectivity index (χ3v) is 3.29. The van der Waals surface area contributed by atoms with Gasteiger partial charge in [0.1, 0.15) is 0 Å². The van der Waals surface area contributed by atoms with E-state index >= 15 is 0 Å². The lowest BCUT2D eigenvalue weighted by molar-refractivity contribution is 0.0268. The smallest absolute Gasteiger partial charge is 0.337 e. The van der Waals surface area contributed by atoms with Gasteiger partial charge in [0.15, 0.2) is 5.96 Å². The highest BCUT2D eigenvalue weighted by molar-refractivity contribution is 14.0. The van der Waals surface area contributed by atoms with Crippen molar-refractivity contribution in [1.29, 1.82) is 0 Å². The highest BCUT2D eigenvalue weighted by atomic mass is 127. The SMILES string of the molecule is CN=C(NCc1ccc(C(=O)OC)cc1)NCC(C)(C)OC.I. The van der Waals surface area contributed by atoms with E-state index in [1.807, 2.05) is 26.0 Å². The maximum absolute atomic E-state index is 11.4. The number of nitrogens with one attached hydrogen (secondary N) is 2. The van der Waals surface area contributed by atoms with E-state index in [0.29, 0.717) is 24.6 Å². The van der Waals surface area contributed by atoms with Crippen LogP contribution in [0.2, 0.25) is 0 Å². The average molecular weight is 435 g/mol. The monoisotopic (exact) mass is 435 g/mol. The molecule has 0 bridgehead atoms. The van der Waals surface area contributed by atoms with E-state index in [4.69, 9.17) is 4.74 Å². The minimum atomic E-state index is -0.334. The molecule has 0 aliphatic carbocycles. The second kappa shape index (κ2) is 10.4. The number of esters is 1. The fourth-order valence-corrected chi connectivity index (χ4v) is 1.65. The number of halogens is 1. The van der Waals surface area contributed by atoms with Crippen LogP contribution in [0.5, 0.6) is 0 Å². The first-order valence-electron chi connectivity index (χ1n) is 7.09. The zero-order valence-corrected chi connectivity index (χ0v) is 16.6. The Labute approximate surface area is 155 Å². The van der Waals surface area contributed by atoms with Crippen LogP contribution in [0.15, 0.2) is 29.3 Å². The molecule has 0 aliphatic heterocycles. The van der Waals surface area contributed by atoms with Crippen molar-refractivity contribution in [2.75, 3.05) is 27.8 Å². The van der Waals surface area contributed by atoms with E-state index in [1.165, 1.54) is 7.11 Å². The Hall–Kier alpha value is -1.35. The first kappa shape index (κ1) is 21.6. The Balaban J connectivity index is 0.00000484. The largest absolute Gasteiger partial charge is 0.465 e. The fraction of sp³-hybridized carbons (Fsp3) is 0.500. The molecule has 1 rings (SSSR count). The molecule has 0 saturated heterocycles. The summed E-state index contributed by atoms with van der Waals surface area (Å²) in [6.45, 7) is 5.25. The number of hydrogen-bond donors (Lipinski definition) is 2. The maximum atomic E-state index is 11.4. The predicted octanol–water partition coefficient (Wildman–Crippen LogP) is 2.18. The summed E-state index contributed by atoms with van der Waals surface area (Å²) >= 11 is 0. The molecule has 0 saturated carbocycles. The van der Waals surface area contributed by atoms with Crippen LogP contribution in [0.4, 0.5) is 0 Å². The van der Waals surface area contributed by atoms with Crippen LogP contribution < -0.4 is 10.6 Å². The molecule has 0 radical (unpaired) electrons. The quantitative estimate of drug-likeness (QED) is 0.310. The third kappa shape index (κ3) is 7.65. The predicted molar refractivity (Wildman–Crippen MR) is 102 cm³/mol. The molecule has 0 heterocycles. The number of hydrogen-bond acceptors (Lipinski definition) is 4. The average Bonchev–Trinajstić information content (AvgIpc) is 2.54. The molecule has 0 fully saturated rings. The van der Waals surface area contributed by atoms with Gasteiger partial charge in [0.2, 0.25) is 0 Å². The molecule has 0 atom stereocenters. The van der Waals surface area contributed by atoms with E-state index < -0.39 is 0 Å². The Kier molecular flexibility index (Phi) is 9.82.